The van der Waals surface area contributed by atoms with Crippen molar-refractivity contribution in [2.45, 2.75) is 25.3 Å². The molecule has 3 rings (SSSR count). The van der Waals surface area contributed by atoms with Crippen LogP contribution in [-0.4, -0.2) is 28.2 Å². The Hall–Kier alpha value is -0.870. The van der Waals surface area contributed by atoms with Crippen molar-refractivity contribution in [2.75, 3.05) is 18.6 Å². The average molecular weight is 311 g/mol. The number of benzene rings is 1. The first-order valence-corrected chi connectivity index (χ1v) is 8.67. The molecule has 1 aliphatic heterocycles. The fraction of sp³-hybridized carbons (Fsp3) is 0.533. The molecule has 0 unspecified atom stereocenters. The highest BCUT2D eigenvalue weighted by Gasteiger charge is 2.18. The number of aromatic nitrogens is 2. The molecule has 20 heavy (non-hydrogen) atoms. The number of nitrogens with zero attached hydrogens (tertiary/aromatic N) is 2. The van der Waals surface area contributed by atoms with Crippen molar-refractivity contribution in [1.82, 2.24) is 9.55 Å². The van der Waals surface area contributed by atoms with Crippen molar-refractivity contribution >= 4 is 34.4 Å². The van der Waals surface area contributed by atoms with Crippen LogP contribution in [0.15, 0.2) is 18.2 Å². The van der Waals surface area contributed by atoms with E-state index in [-0.39, 0.29) is 0 Å². The summed E-state index contributed by atoms with van der Waals surface area (Å²) in [7, 11) is 1.70. The predicted octanol–water partition coefficient (Wildman–Crippen LogP) is 3.93. The molecule has 0 spiro atoms. The Bertz CT molecular complexity index is 593. The molecule has 2 aromatic rings. The Morgan fingerprint density at radius 1 is 1.40 bits per heavy atom. The third-order valence-electron chi connectivity index (χ3n) is 3.94. The Balaban J connectivity index is 1.97. The van der Waals surface area contributed by atoms with Gasteiger partial charge in [-0.25, -0.2) is 4.98 Å². The van der Waals surface area contributed by atoms with Gasteiger partial charge in [-0.1, -0.05) is 0 Å². The summed E-state index contributed by atoms with van der Waals surface area (Å²) in [4.78, 5) is 4.64. The molecule has 3 nitrogen and oxygen atoms in total. The van der Waals surface area contributed by atoms with Crippen molar-refractivity contribution < 1.29 is 4.74 Å². The number of methoxy groups -OCH3 is 1. The Labute approximate surface area is 128 Å². The third-order valence-corrected chi connectivity index (χ3v) is 5.22. The quantitative estimate of drug-likeness (QED) is 0.801. The Kier molecular flexibility index (Phi) is 4.41. The number of halogens is 1. The van der Waals surface area contributed by atoms with Crippen LogP contribution in [0.3, 0.4) is 0 Å². The molecule has 0 saturated carbocycles. The number of rotatable bonds is 4. The van der Waals surface area contributed by atoms with Crippen LogP contribution in [0.5, 0.6) is 5.75 Å². The third kappa shape index (κ3) is 2.77. The van der Waals surface area contributed by atoms with Gasteiger partial charge in [0.15, 0.2) is 0 Å². The summed E-state index contributed by atoms with van der Waals surface area (Å²) in [5, 5.41) is 0. The minimum Gasteiger partial charge on any atom is -0.497 e. The number of alkyl halides is 1. The Morgan fingerprint density at radius 3 is 2.90 bits per heavy atom. The first-order chi connectivity index (χ1) is 9.81. The highest BCUT2D eigenvalue weighted by molar-refractivity contribution is 7.99. The van der Waals surface area contributed by atoms with Crippen molar-refractivity contribution in [3.63, 3.8) is 0 Å². The zero-order valence-electron chi connectivity index (χ0n) is 11.6. The summed E-state index contributed by atoms with van der Waals surface area (Å²) >= 11 is 8.14. The minimum absolute atomic E-state index is 0.457. The molecule has 1 saturated heterocycles. The van der Waals surface area contributed by atoms with Crippen LogP contribution in [0.4, 0.5) is 0 Å². The normalized spacial score (nSPS) is 16.7. The van der Waals surface area contributed by atoms with E-state index in [4.69, 9.17) is 16.3 Å². The van der Waals surface area contributed by atoms with Gasteiger partial charge >= 0.3 is 0 Å². The number of fused-ring (bicyclic) bond motifs is 1. The van der Waals surface area contributed by atoms with Crippen LogP contribution in [0, 0.1) is 5.92 Å². The number of thioether (sulfide) groups is 1. The zero-order valence-corrected chi connectivity index (χ0v) is 13.2. The van der Waals surface area contributed by atoms with Gasteiger partial charge in [0.1, 0.15) is 11.6 Å². The fourth-order valence-corrected chi connectivity index (χ4v) is 4.18. The van der Waals surface area contributed by atoms with E-state index in [2.05, 4.69) is 27.4 Å². The lowest BCUT2D eigenvalue weighted by Crippen LogP contribution is -2.17. The molecule has 5 heteroatoms. The van der Waals surface area contributed by atoms with Crippen LogP contribution < -0.4 is 4.74 Å². The largest absolute Gasteiger partial charge is 0.497 e. The van der Waals surface area contributed by atoms with Gasteiger partial charge in [0, 0.05) is 12.6 Å². The summed E-state index contributed by atoms with van der Waals surface area (Å²) < 4.78 is 7.62. The van der Waals surface area contributed by atoms with Crippen LogP contribution in [0.2, 0.25) is 0 Å². The minimum atomic E-state index is 0.457. The molecule has 1 aromatic carbocycles. The molecule has 0 radical (unpaired) electrons. The van der Waals surface area contributed by atoms with E-state index in [9.17, 15) is 0 Å². The first-order valence-electron chi connectivity index (χ1n) is 6.98. The van der Waals surface area contributed by atoms with Gasteiger partial charge < -0.3 is 9.30 Å². The highest BCUT2D eigenvalue weighted by atomic mass is 35.5. The smallest absolute Gasteiger partial charge is 0.124 e. The zero-order chi connectivity index (χ0) is 13.9. The molecule has 2 heterocycles. The van der Waals surface area contributed by atoms with Crippen molar-refractivity contribution in [1.29, 1.82) is 0 Å². The molecule has 0 atom stereocenters. The van der Waals surface area contributed by atoms with Gasteiger partial charge in [-0.3, -0.25) is 0 Å². The monoisotopic (exact) mass is 310 g/mol. The molecule has 108 valence electrons. The van der Waals surface area contributed by atoms with E-state index < -0.39 is 0 Å². The standard InChI is InChI=1S/C15H19ClN2OS/c1-19-12-2-3-13-14(8-12)18(15(9-16)17-13)10-11-4-6-20-7-5-11/h2-3,8,11H,4-7,9-10H2,1H3. The molecule has 0 bridgehead atoms. The van der Waals surface area contributed by atoms with Crippen molar-refractivity contribution in [3.05, 3.63) is 24.0 Å². The van der Waals surface area contributed by atoms with E-state index in [1.54, 1.807) is 7.11 Å². The topological polar surface area (TPSA) is 27.1 Å². The number of imidazole rings is 1. The summed E-state index contributed by atoms with van der Waals surface area (Å²) in [5.74, 6) is 5.58. The SMILES string of the molecule is COc1ccc2nc(CCl)n(CC3CCSCC3)c2c1. The second kappa shape index (κ2) is 6.27. The molecule has 0 amide bonds. The molecular formula is C15H19ClN2OS. The van der Waals surface area contributed by atoms with Gasteiger partial charge in [-0.15, -0.1) is 11.6 Å². The van der Waals surface area contributed by atoms with E-state index in [1.807, 2.05) is 12.1 Å². The molecule has 1 aromatic heterocycles. The summed E-state index contributed by atoms with van der Waals surface area (Å²) in [6.45, 7) is 1.02. The van der Waals surface area contributed by atoms with Crippen molar-refractivity contribution in [3.8, 4) is 5.75 Å². The van der Waals surface area contributed by atoms with Crippen molar-refractivity contribution in [2.24, 2.45) is 5.92 Å². The number of hydrogen-bond donors (Lipinski definition) is 0. The second-order valence-electron chi connectivity index (χ2n) is 5.18. The van der Waals surface area contributed by atoms with E-state index in [1.165, 1.54) is 24.3 Å². The average Bonchev–Trinajstić information content (AvgIpc) is 2.85. The maximum Gasteiger partial charge on any atom is 0.124 e. The highest BCUT2D eigenvalue weighted by Crippen LogP contribution is 2.28. The van der Waals surface area contributed by atoms with Gasteiger partial charge in [0.05, 0.1) is 24.0 Å². The molecule has 1 aliphatic rings. The molecule has 1 fully saturated rings. The lowest BCUT2D eigenvalue weighted by molar-refractivity contribution is 0.411. The maximum atomic E-state index is 6.08. The second-order valence-corrected chi connectivity index (χ2v) is 6.67. The Morgan fingerprint density at radius 2 is 2.20 bits per heavy atom. The fourth-order valence-electron chi connectivity index (χ4n) is 2.77. The number of hydrogen-bond acceptors (Lipinski definition) is 3. The van der Waals surface area contributed by atoms with Gasteiger partial charge in [-0.05, 0) is 42.4 Å². The molecular weight excluding hydrogens is 292 g/mol. The van der Waals surface area contributed by atoms with Gasteiger partial charge in [-0.2, -0.15) is 11.8 Å². The maximum absolute atomic E-state index is 6.08. The van der Waals surface area contributed by atoms with Crippen LogP contribution >= 0.6 is 23.4 Å². The van der Waals surface area contributed by atoms with Gasteiger partial charge in [0.2, 0.25) is 0 Å². The lowest BCUT2D eigenvalue weighted by atomic mass is 10.0. The van der Waals surface area contributed by atoms with Crippen LogP contribution in [0.25, 0.3) is 11.0 Å². The summed E-state index contributed by atoms with van der Waals surface area (Å²) in [6, 6.07) is 6.03. The van der Waals surface area contributed by atoms with E-state index in [0.29, 0.717) is 5.88 Å². The molecule has 0 N–H and O–H groups in total. The van der Waals surface area contributed by atoms with E-state index in [0.717, 1.165) is 35.1 Å². The molecule has 0 aliphatic carbocycles. The first kappa shape index (κ1) is 14.1. The van der Waals surface area contributed by atoms with Gasteiger partial charge in [0.25, 0.3) is 0 Å². The lowest BCUT2D eigenvalue weighted by Gasteiger charge is -2.22. The number of ether oxygens (including phenoxy) is 1. The summed E-state index contributed by atoms with van der Waals surface area (Å²) in [6.07, 6.45) is 2.58. The van der Waals surface area contributed by atoms with Crippen LogP contribution in [-0.2, 0) is 12.4 Å². The predicted molar refractivity (Wildman–Crippen MR) is 85.9 cm³/mol. The van der Waals surface area contributed by atoms with E-state index >= 15 is 0 Å². The van der Waals surface area contributed by atoms with Crippen LogP contribution in [0.1, 0.15) is 18.7 Å². The summed E-state index contributed by atoms with van der Waals surface area (Å²) in [5.41, 5.74) is 2.14.